The second kappa shape index (κ2) is 6.12. The largest absolute Gasteiger partial charge is 0.453 e. The van der Waals surface area contributed by atoms with Crippen LogP contribution in [0.3, 0.4) is 0 Å². The molecule has 0 unspecified atom stereocenters. The Morgan fingerprint density at radius 3 is 2.57 bits per heavy atom. The fraction of sp³-hybridized carbons (Fsp3) is 0.727. The molecule has 1 fully saturated rings. The van der Waals surface area contributed by atoms with Gasteiger partial charge in [-0.1, -0.05) is 24.6 Å². The molecule has 3 N–H and O–H groups in total. The molecule has 0 aliphatic heterocycles. The highest BCUT2D eigenvalue weighted by Gasteiger charge is 2.38. The van der Waals surface area contributed by atoms with E-state index >= 15 is 0 Å². The summed E-state index contributed by atoms with van der Waals surface area (Å²) in [6.45, 7) is 1.59. The standard InChI is InChI=1S/C11H16F3N5OS/c1-6(8(20)16-7-4-2-3-5-7)21-10-18-17-9(19(10)15)11(12,13)14/h6-7H,2-5,15H2,1H3,(H,16,20)/t6-/m1/s1. The lowest BCUT2D eigenvalue weighted by atomic mass is 10.2. The first-order valence-electron chi connectivity index (χ1n) is 6.53. The van der Waals surface area contributed by atoms with Crippen LogP contribution in [0.1, 0.15) is 38.4 Å². The van der Waals surface area contributed by atoms with Crippen LogP contribution in [0.5, 0.6) is 0 Å². The van der Waals surface area contributed by atoms with Gasteiger partial charge in [0.2, 0.25) is 11.1 Å². The number of aromatic nitrogens is 3. The maximum absolute atomic E-state index is 12.5. The predicted molar refractivity (Wildman–Crippen MR) is 70.9 cm³/mol. The molecule has 0 spiro atoms. The molecular weight excluding hydrogens is 307 g/mol. The highest BCUT2D eigenvalue weighted by Crippen LogP contribution is 2.30. The lowest BCUT2D eigenvalue weighted by molar-refractivity contribution is -0.146. The summed E-state index contributed by atoms with van der Waals surface area (Å²) in [5.74, 6) is 3.80. The number of rotatable bonds is 4. The molecule has 118 valence electrons. The van der Waals surface area contributed by atoms with Gasteiger partial charge in [-0.15, -0.1) is 10.2 Å². The van der Waals surface area contributed by atoms with E-state index in [1.807, 2.05) is 0 Å². The Hall–Kier alpha value is -1.45. The zero-order valence-corrected chi connectivity index (χ0v) is 12.2. The minimum Gasteiger partial charge on any atom is -0.352 e. The van der Waals surface area contributed by atoms with Crippen LogP contribution in [-0.2, 0) is 11.0 Å². The molecule has 1 heterocycles. The van der Waals surface area contributed by atoms with Crippen molar-refractivity contribution in [3.05, 3.63) is 5.82 Å². The van der Waals surface area contributed by atoms with Crippen LogP contribution < -0.4 is 11.2 Å². The zero-order valence-electron chi connectivity index (χ0n) is 11.4. The number of nitrogens with one attached hydrogen (secondary N) is 1. The molecule has 2 rings (SSSR count). The molecule has 1 aromatic rings. The van der Waals surface area contributed by atoms with Crippen LogP contribution in [0.25, 0.3) is 0 Å². The van der Waals surface area contributed by atoms with Gasteiger partial charge in [0.25, 0.3) is 5.82 Å². The Balaban J connectivity index is 1.97. The minimum atomic E-state index is -4.67. The molecule has 1 atom stereocenters. The number of amides is 1. The number of carbonyl (C=O) groups excluding carboxylic acids is 1. The van der Waals surface area contributed by atoms with Gasteiger partial charge in [-0.3, -0.25) is 4.79 Å². The monoisotopic (exact) mass is 323 g/mol. The van der Waals surface area contributed by atoms with E-state index in [4.69, 9.17) is 5.84 Å². The maximum Gasteiger partial charge on any atom is 0.453 e. The van der Waals surface area contributed by atoms with Gasteiger partial charge < -0.3 is 11.2 Å². The second-order valence-corrected chi connectivity index (χ2v) is 6.23. The average Bonchev–Trinajstić information content (AvgIpc) is 2.99. The zero-order chi connectivity index (χ0) is 15.6. The highest BCUT2D eigenvalue weighted by molar-refractivity contribution is 8.00. The number of nitrogens with two attached hydrogens (primary N) is 1. The third kappa shape index (κ3) is 3.80. The quantitative estimate of drug-likeness (QED) is 0.648. The molecule has 1 amide bonds. The molecule has 0 bridgehead atoms. The number of thioether (sulfide) groups is 1. The average molecular weight is 323 g/mol. The van der Waals surface area contributed by atoms with Crippen molar-refractivity contribution in [2.45, 2.75) is 55.2 Å². The summed E-state index contributed by atoms with van der Waals surface area (Å²) in [7, 11) is 0. The number of nitrogens with zero attached hydrogens (tertiary/aromatic N) is 3. The summed E-state index contributed by atoms with van der Waals surface area (Å²) in [5, 5.41) is 8.53. The molecule has 0 saturated heterocycles. The molecule has 1 aliphatic carbocycles. The number of nitrogen functional groups attached to an aromatic ring is 1. The van der Waals surface area contributed by atoms with Crippen molar-refractivity contribution < 1.29 is 18.0 Å². The van der Waals surface area contributed by atoms with Gasteiger partial charge in [0.1, 0.15) is 0 Å². The van der Waals surface area contributed by atoms with E-state index in [0.717, 1.165) is 37.4 Å². The Kier molecular flexibility index (Phi) is 4.64. The second-order valence-electron chi connectivity index (χ2n) is 4.92. The van der Waals surface area contributed by atoms with E-state index < -0.39 is 17.3 Å². The van der Waals surface area contributed by atoms with Gasteiger partial charge in [-0.05, 0) is 19.8 Å². The van der Waals surface area contributed by atoms with Gasteiger partial charge in [-0.25, -0.2) is 4.68 Å². The summed E-state index contributed by atoms with van der Waals surface area (Å²) >= 11 is 0.851. The normalized spacial score (nSPS) is 17.9. The lowest BCUT2D eigenvalue weighted by Crippen LogP contribution is -2.37. The van der Waals surface area contributed by atoms with Crippen LogP contribution >= 0.6 is 11.8 Å². The lowest BCUT2D eigenvalue weighted by Gasteiger charge is -2.15. The van der Waals surface area contributed by atoms with E-state index in [1.54, 1.807) is 6.92 Å². The smallest absolute Gasteiger partial charge is 0.352 e. The van der Waals surface area contributed by atoms with Crippen molar-refractivity contribution in [2.24, 2.45) is 0 Å². The van der Waals surface area contributed by atoms with Crippen LogP contribution in [-0.4, -0.2) is 32.1 Å². The van der Waals surface area contributed by atoms with E-state index in [1.165, 1.54) is 0 Å². The van der Waals surface area contributed by atoms with Crippen LogP contribution in [0.4, 0.5) is 13.2 Å². The van der Waals surface area contributed by atoms with Crippen molar-refractivity contribution >= 4 is 17.7 Å². The SMILES string of the molecule is C[C@@H](Sc1nnc(C(F)(F)F)n1N)C(=O)NC1CCCC1. The van der Waals surface area contributed by atoms with Crippen molar-refractivity contribution in [1.29, 1.82) is 0 Å². The molecule has 1 aromatic heterocycles. The van der Waals surface area contributed by atoms with Gasteiger partial charge in [0.15, 0.2) is 0 Å². The molecule has 1 aliphatic rings. The summed E-state index contributed by atoms with van der Waals surface area (Å²) in [6, 6.07) is 0.155. The number of hydrogen-bond acceptors (Lipinski definition) is 5. The molecular formula is C11H16F3N5OS. The van der Waals surface area contributed by atoms with Crippen molar-refractivity contribution in [3.8, 4) is 0 Å². The Labute approximate surface area is 123 Å². The fourth-order valence-electron chi connectivity index (χ4n) is 2.15. The number of alkyl halides is 3. The Morgan fingerprint density at radius 2 is 2.05 bits per heavy atom. The Bertz CT molecular complexity index is 512. The summed E-state index contributed by atoms with van der Waals surface area (Å²) in [6.07, 6.45) is -0.629. The number of carbonyl (C=O) groups is 1. The van der Waals surface area contributed by atoms with Crippen LogP contribution in [0.2, 0.25) is 0 Å². The topological polar surface area (TPSA) is 85.8 Å². The summed E-state index contributed by atoms with van der Waals surface area (Å²) in [5.41, 5.74) is 0. The van der Waals surface area contributed by atoms with E-state index in [0.29, 0.717) is 4.68 Å². The van der Waals surface area contributed by atoms with Crippen LogP contribution in [0, 0.1) is 0 Å². The van der Waals surface area contributed by atoms with E-state index in [9.17, 15) is 18.0 Å². The summed E-state index contributed by atoms with van der Waals surface area (Å²) < 4.78 is 38.0. The molecule has 10 heteroatoms. The Morgan fingerprint density at radius 1 is 1.43 bits per heavy atom. The molecule has 0 radical (unpaired) electrons. The predicted octanol–water partition coefficient (Wildman–Crippen LogP) is 1.55. The number of halogens is 3. The van der Waals surface area contributed by atoms with Gasteiger partial charge in [0.05, 0.1) is 5.25 Å². The molecule has 6 nitrogen and oxygen atoms in total. The first-order chi connectivity index (χ1) is 9.79. The van der Waals surface area contributed by atoms with Gasteiger partial charge in [0, 0.05) is 6.04 Å². The minimum absolute atomic E-state index is 0.142. The van der Waals surface area contributed by atoms with Gasteiger partial charge in [-0.2, -0.15) is 13.2 Å². The van der Waals surface area contributed by atoms with Crippen LogP contribution in [0.15, 0.2) is 5.16 Å². The first kappa shape index (κ1) is 15.9. The van der Waals surface area contributed by atoms with Crippen molar-refractivity contribution in [2.75, 3.05) is 5.84 Å². The van der Waals surface area contributed by atoms with Crippen molar-refractivity contribution in [3.63, 3.8) is 0 Å². The molecule has 1 saturated carbocycles. The number of hydrogen-bond donors (Lipinski definition) is 2. The molecule has 0 aromatic carbocycles. The van der Waals surface area contributed by atoms with E-state index in [-0.39, 0.29) is 17.1 Å². The van der Waals surface area contributed by atoms with E-state index in [2.05, 4.69) is 15.5 Å². The van der Waals surface area contributed by atoms with Gasteiger partial charge >= 0.3 is 6.18 Å². The van der Waals surface area contributed by atoms with Crippen molar-refractivity contribution in [1.82, 2.24) is 20.2 Å². The first-order valence-corrected chi connectivity index (χ1v) is 7.41. The third-order valence-electron chi connectivity index (χ3n) is 3.27. The highest BCUT2D eigenvalue weighted by atomic mass is 32.2. The maximum atomic E-state index is 12.5. The third-order valence-corrected chi connectivity index (χ3v) is 4.33. The summed E-state index contributed by atoms with van der Waals surface area (Å²) in [4.78, 5) is 12.0. The molecule has 21 heavy (non-hydrogen) atoms. The fourth-order valence-corrected chi connectivity index (χ4v) is 2.93.